The van der Waals surface area contributed by atoms with E-state index in [1.165, 1.54) is 17.7 Å². The fraction of sp³-hybridized carbons (Fsp3) is 0.550. The van der Waals surface area contributed by atoms with Crippen LogP contribution in [0.4, 0.5) is 0 Å². The third-order valence-corrected chi connectivity index (χ3v) is 5.67. The van der Waals surface area contributed by atoms with E-state index in [-0.39, 0.29) is 0 Å². The number of aryl methyl sites for hydroxylation is 2. The normalized spacial score (nSPS) is 15.1. The Morgan fingerprint density at radius 3 is 2.81 bits per heavy atom. The lowest BCUT2D eigenvalue weighted by atomic mass is 10.2. The fourth-order valence-corrected chi connectivity index (χ4v) is 4.10. The second-order valence-electron chi connectivity index (χ2n) is 6.78. The van der Waals surface area contributed by atoms with E-state index in [1.54, 1.807) is 17.5 Å². The quantitative estimate of drug-likeness (QED) is 0.559. The van der Waals surface area contributed by atoms with Crippen molar-refractivity contribution in [1.29, 1.82) is 0 Å². The van der Waals surface area contributed by atoms with Crippen molar-refractivity contribution in [2.75, 3.05) is 6.54 Å². The van der Waals surface area contributed by atoms with Gasteiger partial charge in [0.2, 0.25) is 5.88 Å². The summed E-state index contributed by atoms with van der Waals surface area (Å²) in [5.74, 6) is 1.51. The lowest BCUT2D eigenvalue weighted by Gasteiger charge is -2.15. The van der Waals surface area contributed by atoms with Gasteiger partial charge in [-0.25, -0.2) is 15.0 Å². The van der Waals surface area contributed by atoms with Crippen LogP contribution in [0.25, 0.3) is 0 Å². The molecule has 7 heteroatoms. The molecule has 0 unspecified atom stereocenters. The van der Waals surface area contributed by atoms with E-state index in [2.05, 4.69) is 27.5 Å². The number of nitrogens with zero attached hydrogens (tertiary/aromatic N) is 3. The molecule has 1 aliphatic rings. The number of thiazole rings is 1. The molecule has 0 bridgehead atoms. The number of hydrogen-bond donors (Lipinski definition) is 2. The highest BCUT2D eigenvalue weighted by atomic mass is 32.1. The summed E-state index contributed by atoms with van der Waals surface area (Å²) >= 11 is 1.72. The first-order valence-corrected chi connectivity index (χ1v) is 10.5. The fourth-order valence-electron chi connectivity index (χ4n) is 3.22. The van der Waals surface area contributed by atoms with E-state index in [1.807, 2.05) is 26.0 Å². The van der Waals surface area contributed by atoms with Gasteiger partial charge in [-0.2, -0.15) is 0 Å². The average Bonchev–Trinajstić information content (AvgIpc) is 3.27. The third kappa shape index (κ3) is 5.66. The molecule has 0 aromatic carbocycles. The number of rotatable bonds is 7. The smallest absolute Gasteiger partial charge is 0.218 e. The molecule has 1 saturated carbocycles. The van der Waals surface area contributed by atoms with Crippen molar-refractivity contribution >= 4 is 17.3 Å². The van der Waals surface area contributed by atoms with Gasteiger partial charge in [-0.15, -0.1) is 11.3 Å². The minimum absolute atomic E-state index is 0.298. The Bertz CT molecular complexity index is 767. The first-order chi connectivity index (χ1) is 13.2. The molecule has 1 aliphatic carbocycles. The second-order valence-corrected chi connectivity index (χ2v) is 8.07. The Hall–Kier alpha value is -2.15. The predicted molar refractivity (Wildman–Crippen MR) is 110 cm³/mol. The van der Waals surface area contributed by atoms with Crippen LogP contribution in [0.15, 0.2) is 23.3 Å². The zero-order valence-electron chi connectivity index (χ0n) is 16.4. The van der Waals surface area contributed by atoms with Gasteiger partial charge in [0.15, 0.2) is 5.96 Å². The SMILES string of the molecule is CCNC(=NCc1cccnc1OC1CCCC1)NCc1sc(C)nc1C. The molecule has 0 atom stereocenters. The summed E-state index contributed by atoms with van der Waals surface area (Å²) < 4.78 is 6.12. The molecule has 0 radical (unpaired) electrons. The van der Waals surface area contributed by atoms with Crippen LogP contribution in [0.1, 0.15) is 53.7 Å². The van der Waals surface area contributed by atoms with E-state index in [9.17, 15) is 0 Å². The number of aliphatic imine (C=N–C) groups is 1. The number of nitrogens with one attached hydrogen (secondary N) is 2. The highest BCUT2D eigenvalue weighted by Gasteiger charge is 2.18. The highest BCUT2D eigenvalue weighted by Crippen LogP contribution is 2.25. The zero-order chi connectivity index (χ0) is 19.1. The molecular formula is C20H29N5OS. The molecule has 146 valence electrons. The summed E-state index contributed by atoms with van der Waals surface area (Å²) in [6, 6.07) is 3.98. The Labute approximate surface area is 165 Å². The van der Waals surface area contributed by atoms with Gasteiger partial charge in [-0.3, -0.25) is 0 Å². The van der Waals surface area contributed by atoms with Crippen molar-refractivity contribution in [3.8, 4) is 5.88 Å². The van der Waals surface area contributed by atoms with Gasteiger partial charge in [0, 0.05) is 23.2 Å². The van der Waals surface area contributed by atoms with E-state index in [0.29, 0.717) is 12.6 Å². The molecule has 3 rings (SSSR count). The van der Waals surface area contributed by atoms with Gasteiger partial charge in [0.05, 0.1) is 23.8 Å². The summed E-state index contributed by atoms with van der Waals surface area (Å²) in [5, 5.41) is 7.80. The highest BCUT2D eigenvalue weighted by molar-refractivity contribution is 7.11. The van der Waals surface area contributed by atoms with Crippen molar-refractivity contribution in [1.82, 2.24) is 20.6 Å². The maximum Gasteiger partial charge on any atom is 0.218 e. The molecule has 0 aliphatic heterocycles. The van der Waals surface area contributed by atoms with Crippen molar-refractivity contribution in [3.05, 3.63) is 39.5 Å². The molecule has 6 nitrogen and oxygen atoms in total. The van der Waals surface area contributed by atoms with E-state index >= 15 is 0 Å². The molecule has 2 aromatic heterocycles. The maximum atomic E-state index is 6.12. The summed E-state index contributed by atoms with van der Waals surface area (Å²) in [6.07, 6.45) is 6.82. The van der Waals surface area contributed by atoms with Gasteiger partial charge in [0.1, 0.15) is 6.10 Å². The molecule has 27 heavy (non-hydrogen) atoms. The van der Waals surface area contributed by atoms with Gasteiger partial charge in [-0.1, -0.05) is 6.07 Å². The number of aromatic nitrogens is 2. The number of pyridine rings is 1. The van der Waals surface area contributed by atoms with Crippen molar-refractivity contribution in [2.45, 2.75) is 65.6 Å². The summed E-state index contributed by atoms with van der Waals surface area (Å²) in [4.78, 5) is 14.9. The topological polar surface area (TPSA) is 71.4 Å². The van der Waals surface area contributed by atoms with Crippen LogP contribution in [0.5, 0.6) is 5.88 Å². The van der Waals surface area contributed by atoms with Crippen LogP contribution in [0, 0.1) is 13.8 Å². The Kier molecular flexibility index (Phi) is 7.04. The molecular weight excluding hydrogens is 358 g/mol. The van der Waals surface area contributed by atoms with Crippen molar-refractivity contribution < 1.29 is 4.74 Å². The molecule has 0 amide bonds. The minimum atomic E-state index is 0.298. The molecule has 2 N–H and O–H groups in total. The lowest BCUT2D eigenvalue weighted by Crippen LogP contribution is -2.36. The lowest BCUT2D eigenvalue weighted by molar-refractivity contribution is 0.199. The van der Waals surface area contributed by atoms with E-state index < -0.39 is 0 Å². The Balaban J connectivity index is 1.64. The minimum Gasteiger partial charge on any atom is -0.474 e. The summed E-state index contributed by atoms with van der Waals surface area (Å²) in [6.45, 7) is 8.22. The van der Waals surface area contributed by atoms with E-state index in [4.69, 9.17) is 9.73 Å². The van der Waals surface area contributed by atoms with Crippen LogP contribution in [0.2, 0.25) is 0 Å². The largest absolute Gasteiger partial charge is 0.474 e. The average molecular weight is 388 g/mol. The number of hydrogen-bond acceptors (Lipinski definition) is 5. The van der Waals surface area contributed by atoms with Crippen LogP contribution in [0.3, 0.4) is 0 Å². The second kappa shape index (κ2) is 9.69. The Morgan fingerprint density at radius 2 is 2.11 bits per heavy atom. The number of guanidine groups is 1. The standard InChI is InChI=1S/C20H29N5OS/c1-4-21-20(24-13-18-14(2)25-15(3)27-18)23-12-16-8-7-11-22-19(16)26-17-9-5-6-10-17/h7-8,11,17H,4-6,9-10,12-13H2,1-3H3,(H2,21,23,24). The van der Waals surface area contributed by atoms with Gasteiger partial charge in [0.25, 0.3) is 0 Å². The Morgan fingerprint density at radius 1 is 1.30 bits per heavy atom. The predicted octanol–water partition coefficient (Wildman–Crippen LogP) is 3.73. The van der Waals surface area contributed by atoms with Crippen LogP contribution in [-0.2, 0) is 13.1 Å². The van der Waals surface area contributed by atoms with E-state index in [0.717, 1.165) is 54.0 Å². The third-order valence-electron chi connectivity index (χ3n) is 4.60. The monoisotopic (exact) mass is 387 g/mol. The molecule has 0 saturated heterocycles. The van der Waals surface area contributed by atoms with Crippen molar-refractivity contribution in [3.63, 3.8) is 0 Å². The molecule has 2 aromatic rings. The first kappa shape index (κ1) is 19.6. The number of ether oxygens (including phenoxy) is 1. The molecule has 2 heterocycles. The molecule has 0 spiro atoms. The summed E-state index contributed by atoms with van der Waals surface area (Å²) in [5.41, 5.74) is 2.10. The zero-order valence-corrected chi connectivity index (χ0v) is 17.2. The molecule has 1 fully saturated rings. The van der Waals surface area contributed by atoms with Gasteiger partial charge >= 0.3 is 0 Å². The maximum absolute atomic E-state index is 6.12. The first-order valence-electron chi connectivity index (χ1n) is 9.71. The van der Waals surface area contributed by atoms with Crippen LogP contribution >= 0.6 is 11.3 Å². The van der Waals surface area contributed by atoms with Crippen LogP contribution < -0.4 is 15.4 Å². The summed E-state index contributed by atoms with van der Waals surface area (Å²) in [7, 11) is 0. The van der Waals surface area contributed by atoms with Crippen LogP contribution in [-0.4, -0.2) is 28.6 Å². The van der Waals surface area contributed by atoms with Crippen molar-refractivity contribution in [2.24, 2.45) is 4.99 Å². The van der Waals surface area contributed by atoms with Gasteiger partial charge in [-0.05, 0) is 52.5 Å². The van der Waals surface area contributed by atoms with Gasteiger partial charge < -0.3 is 15.4 Å².